The van der Waals surface area contributed by atoms with Crippen LogP contribution in [0.25, 0.3) is 11.3 Å². The fraction of sp³-hybridized carbons (Fsp3) is 0.261. The van der Waals surface area contributed by atoms with Crippen LogP contribution in [0.4, 0.5) is 5.13 Å². The third-order valence-corrected chi connectivity index (χ3v) is 5.41. The lowest BCUT2D eigenvalue weighted by atomic mass is 10.1. The fourth-order valence-corrected chi connectivity index (χ4v) is 3.67. The fourth-order valence-electron chi connectivity index (χ4n) is 2.95. The normalized spacial score (nSPS) is 10.3. The number of benzene rings is 2. The Labute approximate surface area is 190 Å². The molecular formula is C23H25N3O5S. The number of methoxy groups -OCH3 is 3. The van der Waals surface area contributed by atoms with Gasteiger partial charge in [0.1, 0.15) is 17.2 Å². The van der Waals surface area contributed by atoms with E-state index in [1.165, 1.54) is 11.3 Å². The predicted molar refractivity (Wildman–Crippen MR) is 124 cm³/mol. The monoisotopic (exact) mass is 455 g/mol. The molecule has 0 unspecified atom stereocenters. The van der Waals surface area contributed by atoms with E-state index < -0.39 is 0 Å². The standard InChI is InChI=1S/C23H25N3O5S/c1-29-16-8-6-15(7-9-16)22(28)24-12-4-5-21(27)26-23-25-19(14-32-23)18-13-17(30-2)10-11-20(18)31-3/h6-11,13-14H,4-5,12H2,1-3H3,(H,24,28)(H,25,26,27). The average Bonchev–Trinajstić information content (AvgIpc) is 3.29. The number of hydrogen-bond acceptors (Lipinski definition) is 7. The number of aromatic nitrogens is 1. The molecule has 9 heteroatoms. The number of nitrogens with one attached hydrogen (secondary N) is 2. The number of nitrogens with zero attached hydrogens (tertiary/aromatic N) is 1. The molecule has 3 aromatic rings. The minimum absolute atomic E-state index is 0.165. The molecule has 168 valence electrons. The molecule has 1 heterocycles. The molecule has 0 aliphatic heterocycles. The van der Waals surface area contributed by atoms with E-state index in [1.54, 1.807) is 45.6 Å². The topological polar surface area (TPSA) is 98.8 Å². The van der Waals surface area contributed by atoms with Gasteiger partial charge in [0.15, 0.2) is 5.13 Å². The molecule has 2 amide bonds. The van der Waals surface area contributed by atoms with Crippen LogP contribution in [-0.4, -0.2) is 44.7 Å². The van der Waals surface area contributed by atoms with Crippen LogP contribution in [-0.2, 0) is 4.79 Å². The minimum Gasteiger partial charge on any atom is -0.497 e. The summed E-state index contributed by atoms with van der Waals surface area (Å²) in [5.41, 5.74) is 2.01. The summed E-state index contributed by atoms with van der Waals surface area (Å²) in [6, 6.07) is 12.3. The van der Waals surface area contributed by atoms with Gasteiger partial charge in [-0.05, 0) is 48.9 Å². The van der Waals surface area contributed by atoms with E-state index in [0.717, 1.165) is 5.56 Å². The zero-order valence-electron chi connectivity index (χ0n) is 18.1. The van der Waals surface area contributed by atoms with Gasteiger partial charge in [-0.2, -0.15) is 0 Å². The number of amides is 2. The highest BCUT2D eigenvalue weighted by molar-refractivity contribution is 7.14. The van der Waals surface area contributed by atoms with Crippen LogP contribution in [0, 0.1) is 0 Å². The largest absolute Gasteiger partial charge is 0.497 e. The second-order valence-electron chi connectivity index (χ2n) is 6.74. The summed E-state index contributed by atoms with van der Waals surface area (Å²) in [4.78, 5) is 28.9. The van der Waals surface area contributed by atoms with E-state index in [9.17, 15) is 9.59 Å². The van der Waals surface area contributed by atoms with Crippen molar-refractivity contribution in [2.45, 2.75) is 12.8 Å². The van der Waals surface area contributed by atoms with E-state index in [1.807, 2.05) is 23.6 Å². The maximum Gasteiger partial charge on any atom is 0.251 e. The first-order chi connectivity index (χ1) is 15.5. The lowest BCUT2D eigenvalue weighted by Crippen LogP contribution is -2.25. The minimum atomic E-state index is -0.190. The molecule has 0 bridgehead atoms. The highest BCUT2D eigenvalue weighted by Crippen LogP contribution is 2.35. The molecule has 0 radical (unpaired) electrons. The summed E-state index contributed by atoms with van der Waals surface area (Å²) in [6.07, 6.45) is 0.774. The summed E-state index contributed by atoms with van der Waals surface area (Å²) in [5, 5.41) is 7.95. The molecule has 2 aromatic carbocycles. The van der Waals surface area contributed by atoms with Gasteiger partial charge in [0.05, 0.1) is 27.0 Å². The molecular weight excluding hydrogens is 430 g/mol. The van der Waals surface area contributed by atoms with Crippen LogP contribution in [0.2, 0.25) is 0 Å². The van der Waals surface area contributed by atoms with Gasteiger partial charge in [-0.1, -0.05) is 0 Å². The first kappa shape index (κ1) is 23.1. The lowest BCUT2D eigenvalue weighted by Gasteiger charge is -2.08. The Morgan fingerprint density at radius 2 is 1.69 bits per heavy atom. The molecule has 0 aliphatic carbocycles. The molecule has 3 rings (SSSR count). The van der Waals surface area contributed by atoms with Crippen molar-refractivity contribution in [3.05, 3.63) is 53.4 Å². The van der Waals surface area contributed by atoms with Crippen LogP contribution in [0.15, 0.2) is 47.8 Å². The Bertz CT molecular complexity index is 1070. The van der Waals surface area contributed by atoms with E-state index in [0.29, 0.717) is 46.6 Å². The SMILES string of the molecule is COc1ccc(C(=O)NCCCC(=O)Nc2nc(-c3cc(OC)ccc3OC)cs2)cc1. The van der Waals surface area contributed by atoms with E-state index >= 15 is 0 Å². The molecule has 0 atom stereocenters. The summed E-state index contributed by atoms with van der Waals surface area (Å²) < 4.78 is 15.8. The van der Waals surface area contributed by atoms with Gasteiger partial charge in [0.2, 0.25) is 5.91 Å². The molecule has 32 heavy (non-hydrogen) atoms. The zero-order chi connectivity index (χ0) is 22.9. The number of anilines is 1. The maximum absolute atomic E-state index is 12.3. The van der Waals surface area contributed by atoms with Crippen LogP contribution in [0.5, 0.6) is 17.2 Å². The number of thiazole rings is 1. The first-order valence-electron chi connectivity index (χ1n) is 9.94. The molecule has 0 fully saturated rings. The predicted octanol–water partition coefficient (Wildman–Crippen LogP) is 3.98. The number of carbonyl (C=O) groups is 2. The Hall–Kier alpha value is -3.59. The molecule has 0 saturated heterocycles. The van der Waals surface area contributed by atoms with Gasteiger partial charge in [-0.25, -0.2) is 4.98 Å². The molecule has 2 N–H and O–H groups in total. The van der Waals surface area contributed by atoms with E-state index in [2.05, 4.69) is 15.6 Å². The molecule has 0 saturated carbocycles. The van der Waals surface area contributed by atoms with Gasteiger partial charge in [-0.15, -0.1) is 11.3 Å². The third-order valence-electron chi connectivity index (χ3n) is 4.65. The van der Waals surface area contributed by atoms with Gasteiger partial charge in [0, 0.05) is 29.5 Å². The third kappa shape index (κ3) is 5.98. The van der Waals surface area contributed by atoms with E-state index in [-0.39, 0.29) is 18.2 Å². The number of carbonyl (C=O) groups excluding carboxylic acids is 2. The van der Waals surface area contributed by atoms with Crippen molar-refractivity contribution >= 4 is 28.3 Å². The highest BCUT2D eigenvalue weighted by atomic mass is 32.1. The van der Waals surface area contributed by atoms with Crippen molar-refractivity contribution in [3.8, 4) is 28.5 Å². The molecule has 0 aliphatic rings. The summed E-state index contributed by atoms with van der Waals surface area (Å²) in [7, 11) is 4.76. The van der Waals surface area contributed by atoms with Gasteiger partial charge in [-0.3, -0.25) is 9.59 Å². The van der Waals surface area contributed by atoms with Crippen molar-refractivity contribution < 1.29 is 23.8 Å². The molecule has 1 aromatic heterocycles. The smallest absolute Gasteiger partial charge is 0.251 e. The summed E-state index contributed by atoms with van der Waals surface area (Å²) in [5.74, 6) is 1.69. The Morgan fingerprint density at radius 1 is 0.969 bits per heavy atom. The molecule has 0 spiro atoms. The van der Waals surface area contributed by atoms with Crippen LogP contribution < -0.4 is 24.8 Å². The van der Waals surface area contributed by atoms with Crippen LogP contribution in [0.3, 0.4) is 0 Å². The Balaban J connectivity index is 1.48. The Kier molecular flexibility index (Phi) is 8.04. The number of rotatable bonds is 10. The van der Waals surface area contributed by atoms with Crippen molar-refractivity contribution in [2.24, 2.45) is 0 Å². The molecule has 8 nitrogen and oxygen atoms in total. The van der Waals surface area contributed by atoms with Crippen molar-refractivity contribution in [1.82, 2.24) is 10.3 Å². The quantitative estimate of drug-likeness (QED) is 0.449. The second-order valence-corrected chi connectivity index (χ2v) is 7.60. The van der Waals surface area contributed by atoms with Gasteiger partial charge >= 0.3 is 0 Å². The van der Waals surface area contributed by atoms with E-state index in [4.69, 9.17) is 14.2 Å². The van der Waals surface area contributed by atoms with Crippen LogP contribution >= 0.6 is 11.3 Å². The maximum atomic E-state index is 12.3. The lowest BCUT2D eigenvalue weighted by molar-refractivity contribution is -0.116. The zero-order valence-corrected chi connectivity index (χ0v) is 19.0. The number of ether oxygens (including phenoxy) is 3. The second kappa shape index (κ2) is 11.1. The van der Waals surface area contributed by atoms with Crippen molar-refractivity contribution in [2.75, 3.05) is 33.2 Å². The van der Waals surface area contributed by atoms with Gasteiger partial charge in [0.25, 0.3) is 5.91 Å². The summed E-state index contributed by atoms with van der Waals surface area (Å²) in [6.45, 7) is 0.391. The van der Waals surface area contributed by atoms with Gasteiger partial charge < -0.3 is 24.8 Å². The van der Waals surface area contributed by atoms with Crippen molar-refractivity contribution in [1.29, 1.82) is 0 Å². The highest BCUT2D eigenvalue weighted by Gasteiger charge is 2.13. The van der Waals surface area contributed by atoms with Crippen LogP contribution in [0.1, 0.15) is 23.2 Å². The van der Waals surface area contributed by atoms with Crippen molar-refractivity contribution in [3.63, 3.8) is 0 Å². The summed E-state index contributed by atoms with van der Waals surface area (Å²) >= 11 is 1.33. The number of hydrogen-bond donors (Lipinski definition) is 2. The Morgan fingerprint density at radius 3 is 2.38 bits per heavy atom. The average molecular weight is 456 g/mol. The first-order valence-corrected chi connectivity index (χ1v) is 10.8.